The zero-order valence-electron chi connectivity index (χ0n) is 9.12. The first kappa shape index (κ1) is 12.2. The van der Waals surface area contributed by atoms with E-state index in [2.05, 4.69) is 9.89 Å². The Morgan fingerprint density at radius 1 is 1.23 bits per heavy atom. The van der Waals surface area contributed by atoms with Crippen molar-refractivity contribution in [2.45, 2.75) is 12.8 Å². The summed E-state index contributed by atoms with van der Waals surface area (Å²) in [6, 6.07) is 0. The maximum atomic E-state index is 8.62. The molecule has 0 radical (unpaired) electrons. The zero-order valence-corrected chi connectivity index (χ0v) is 9.12. The molecule has 0 bridgehead atoms. The standard InChI is InChI=1S/C9H21N3O/c1-10-9(11(2)3)12(4)7-5-6-8-13/h13H,5-8H2,1-4H3. The third kappa shape index (κ3) is 4.72. The zero-order chi connectivity index (χ0) is 10.3. The molecule has 1 N–H and O–H groups in total. The largest absolute Gasteiger partial charge is 0.396 e. The predicted molar refractivity (Wildman–Crippen MR) is 56.0 cm³/mol. The van der Waals surface area contributed by atoms with Gasteiger partial charge < -0.3 is 14.9 Å². The van der Waals surface area contributed by atoms with Gasteiger partial charge in [0.05, 0.1) is 0 Å². The predicted octanol–water partition coefficient (Wildman–Crippen LogP) is 0.238. The van der Waals surface area contributed by atoms with Crippen LogP contribution >= 0.6 is 0 Å². The van der Waals surface area contributed by atoms with Crippen LogP contribution in [0.1, 0.15) is 12.8 Å². The van der Waals surface area contributed by atoms with Gasteiger partial charge in [-0.25, -0.2) is 0 Å². The molecule has 0 aromatic rings. The number of hydrogen-bond acceptors (Lipinski definition) is 2. The number of unbranched alkanes of at least 4 members (excludes halogenated alkanes) is 1. The van der Waals surface area contributed by atoms with Gasteiger partial charge in [-0.1, -0.05) is 0 Å². The van der Waals surface area contributed by atoms with Crippen LogP contribution in [0.3, 0.4) is 0 Å². The lowest BCUT2D eigenvalue weighted by atomic mass is 10.3. The molecule has 0 unspecified atom stereocenters. The summed E-state index contributed by atoms with van der Waals surface area (Å²) in [7, 11) is 7.76. The molecule has 4 heteroatoms. The van der Waals surface area contributed by atoms with E-state index in [-0.39, 0.29) is 6.61 Å². The van der Waals surface area contributed by atoms with Gasteiger partial charge >= 0.3 is 0 Å². The normalized spacial score (nSPS) is 11.6. The highest BCUT2D eigenvalue weighted by Gasteiger charge is 2.06. The molecule has 0 saturated heterocycles. The van der Waals surface area contributed by atoms with Gasteiger partial charge in [0, 0.05) is 41.3 Å². The molecule has 0 heterocycles. The van der Waals surface area contributed by atoms with Gasteiger partial charge in [0.1, 0.15) is 0 Å². The first-order valence-electron chi connectivity index (χ1n) is 4.59. The van der Waals surface area contributed by atoms with Gasteiger partial charge in [0.15, 0.2) is 5.96 Å². The first-order chi connectivity index (χ1) is 6.13. The molecule has 0 aliphatic carbocycles. The van der Waals surface area contributed by atoms with Gasteiger partial charge in [-0.3, -0.25) is 4.99 Å². The van der Waals surface area contributed by atoms with Crippen molar-refractivity contribution in [2.24, 2.45) is 4.99 Å². The summed E-state index contributed by atoms with van der Waals surface area (Å²) in [5.41, 5.74) is 0. The highest BCUT2D eigenvalue weighted by Crippen LogP contribution is 1.95. The number of rotatable bonds is 4. The summed E-state index contributed by atoms with van der Waals surface area (Å²) in [5.74, 6) is 0.970. The molecule has 13 heavy (non-hydrogen) atoms. The Hall–Kier alpha value is -0.770. The third-order valence-electron chi connectivity index (χ3n) is 1.84. The fourth-order valence-corrected chi connectivity index (χ4v) is 1.27. The lowest BCUT2D eigenvalue weighted by Crippen LogP contribution is -2.38. The average Bonchev–Trinajstić information content (AvgIpc) is 2.05. The minimum absolute atomic E-state index is 0.272. The van der Waals surface area contributed by atoms with Gasteiger partial charge in [-0.15, -0.1) is 0 Å². The van der Waals surface area contributed by atoms with E-state index < -0.39 is 0 Å². The molecule has 0 amide bonds. The molecule has 0 atom stereocenters. The molecule has 0 aliphatic rings. The number of nitrogens with zero attached hydrogens (tertiary/aromatic N) is 3. The maximum absolute atomic E-state index is 8.62. The molecular formula is C9H21N3O. The van der Waals surface area contributed by atoms with Crippen LogP contribution in [0, 0.1) is 0 Å². The Labute approximate surface area is 80.9 Å². The second-order valence-corrected chi connectivity index (χ2v) is 3.27. The second-order valence-electron chi connectivity index (χ2n) is 3.27. The highest BCUT2D eigenvalue weighted by atomic mass is 16.2. The Kier molecular flexibility index (Phi) is 6.32. The molecule has 0 aromatic heterocycles. The minimum atomic E-state index is 0.272. The third-order valence-corrected chi connectivity index (χ3v) is 1.84. The number of aliphatic imine (C=N–C) groups is 1. The summed E-state index contributed by atoms with van der Waals surface area (Å²) < 4.78 is 0. The van der Waals surface area contributed by atoms with Crippen LogP contribution in [-0.2, 0) is 0 Å². The first-order valence-corrected chi connectivity index (χ1v) is 4.59. The summed E-state index contributed by atoms with van der Waals surface area (Å²) in [4.78, 5) is 8.25. The number of aliphatic hydroxyl groups excluding tert-OH is 1. The van der Waals surface area contributed by atoms with E-state index in [1.54, 1.807) is 7.05 Å². The molecule has 78 valence electrons. The summed E-state index contributed by atoms with van der Waals surface area (Å²) in [6.07, 6.45) is 1.86. The van der Waals surface area contributed by atoms with Crippen molar-refractivity contribution < 1.29 is 5.11 Å². The highest BCUT2D eigenvalue weighted by molar-refractivity contribution is 5.79. The van der Waals surface area contributed by atoms with Gasteiger partial charge in [0.2, 0.25) is 0 Å². The molecule has 0 saturated carbocycles. The van der Waals surface area contributed by atoms with Crippen molar-refractivity contribution in [3.63, 3.8) is 0 Å². The summed E-state index contributed by atoms with van der Waals surface area (Å²) in [5, 5.41) is 8.62. The molecule has 4 nitrogen and oxygen atoms in total. The Bertz CT molecular complexity index is 157. The van der Waals surface area contributed by atoms with Crippen LogP contribution in [0.4, 0.5) is 0 Å². The van der Waals surface area contributed by atoms with Gasteiger partial charge in [-0.2, -0.15) is 0 Å². The molecule has 0 rings (SSSR count). The van der Waals surface area contributed by atoms with Crippen LogP contribution in [-0.4, -0.2) is 62.2 Å². The van der Waals surface area contributed by atoms with Crippen LogP contribution in [0.15, 0.2) is 4.99 Å². The molecule has 0 aliphatic heterocycles. The monoisotopic (exact) mass is 187 g/mol. The van der Waals surface area contributed by atoms with E-state index in [1.165, 1.54) is 0 Å². The fourth-order valence-electron chi connectivity index (χ4n) is 1.27. The lowest BCUT2D eigenvalue weighted by Gasteiger charge is -2.25. The van der Waals surface area contributed by atoms with Crippen LogP contribution in [0.25, 0.3) is 0 Å². The molecule has 0 fully saturated rings. The maximum Gasteiger partial charge on any atom is 0.195 e. The Balaban J connectivity index is 3.86. The van der Waals surface area contributed by atoms with E-state index in [1.807, 2.05) is 26.0 Å². The van der Waals surface area contributed by atoms with E-state index in [0.29, 0.717) is 0 Å². The summed E-state index contributed by atoms with van der Waals surface area (Å²) >= 11 is 0. The smallest absolute Gasteiger partial charge is 0.195 e. The number of hydrogen-bond donors (Lipinski definition) is 1. The number of guanidine groups is 1. The number of aliphatic hydroxyl groups is 1. The van der Waals surface area contributed by atoms with Crippen molar-refractivity contribution >= 4 is 5.96 Å². The second kappa shape index (κ2) is 6.71. The van der Waals surface area contributed by atoms with E-state index in [4.69, 9.17) is 5.11 Å². The van der Waals surface area contributed by atoms with Crippen molar-refractivity contribution in [1.82, 2.24) is 9.80 Å². The Morgan fingerprint density at radius 3 is 2.23 bits per heavy atom. The topological polar surface area (TPSA) is 39.1 Å². The molecule has 0 spiro atoms. The van der Waals surface area contributed by atoms with Gasteiger partial charge in [-0.05, 0) is 12.8 Å². The van der Waals surface area contributed by atoms with Crippen molar-refractivity contribution in [3.05, 3.63) is 0 Å². The van der Waals surface area contributed by atoms with Crippen LogP contribution in [0.2, 0.25) is 0 Å². The Morgan fingerprint density at radius 2 is 1.85 bits per heavy atom. The lowest BCUT2D eigenvalue weighted by molar-refractivity contribution is 0.277. The fraction of sp³-hybridized carbons (Fsp3) is 0.889. The molecular weight excluding hydrogens is 166 g/mol. The van der Waals surface area contributed by atoms with E-state index in [0.717, 1.165) is 25.3 Å². The van der Waals surface area contributed by atoms with Crippen molar-refractivity contribution in [2.75, 3.05) is 41.3 Å². The van der Waals surface area contributed by atoms with Crippen molar-refractivity contribution in [3.8, 4) is 0 Å². The van der Waals surface area contributed by atoms with E-state index in [9.17, 15) is 0 Å². The minimum Gasteiger partial charge on any atom is -0.396 e. The van der Waals surface area contributed by atoms with Gasteiger partial charge in [0.25, 0.3) is 0 Å². The quantitative estimate of drug-likeness (QED) is 0.389. The molecule has 0 aromatic carbocycles. The SMILES string of the molecule is CN=C(N(C)C)N(C)CCCCO. The van der Waals surface area contributed by atoms with E-state index >= 15 is 0 Å². The van der Waals surface area contributed by atoms with Crippen molar-refractivity contribution in [1.29, 1.82) is 0 Å². The average molecular weight is 187 g/mol. The summed E-state index contributed by atoms with van der Waals surface area (Å²) in [6.45, 7) is 1.21. The van der Waals surface area contributed by atoms with Crippen LogP contribution < -0.4 is 0 Å². The van der Waals surface area contributed by atoms with Crippen LogP contribution in [0.5, 0.6) is 0 Å².